The van der Waals surface area contributed by atoms with Gasteiger partial charge in [0.05, 0.1) is 12.1 Å². The van der Waals surface area contributed by atoms with Gasteiger partial charge in [0, 0.05) is 12.6 Å². The Hall–Kier alpha value is -1.62. The van der Waals surface area contributed by atoms with Crippen LogP contribution in [0.15, 0.2) is 18.2 Å². The second kappa shape index (κ2) is 6.87. The average Bonchev–Trinajstić information content (AvgIpc) is 2.94. The second-order valence-electron chi connectivity index (χ2n) is 6.81. The number of benzene rings is 1. The lowest BCUT2D eigenvalue weighted by Gasteiger charge is -2.31. The van der Waals surface area contributed by atoms with Crippen LogP contribution in [0.3, 0.4) is 0 Å². The minimum absolute atomic E-state index is 0.0420. The Morgan fingerprint density at radius 2 is 2.26 bits per heavy atom. The maximum Gasteiger partial charge on any atom is 0.318 e. The van der Waals surface area contributed by atoms with Gasteiger partial charge in [-0.2, -0.15) is 0 Å². The highest BCUT2D eigenvalue weighted by atomic mass is 19.1. The summed E-state index contributed by atoms with van der Waals surface area (Å²) >= 11 is 0. The molecule has 3 rings (SSSR count). The minimum Gasteiger partial charge on any atom is -0.393 e. The molecule has 4 nitrogen and oxygen atoms in total. The van der Waals surface area contributed by atoms with Crippen LogP contribution in [-0.2, 0) is 6.42 Å². The Labute approximate surface area is 136 Å². The predicted octanol–water partition coefficient (Wildman–Crippen LogP) is 3.15. The number of hydrogen-bond donors (Lipinski definition) is 2. The van der Waals surface area contributed by atoms with Crippen LogP contribution in [-0.4, -0.2) is 34.7 Å². The number of urea groups is 1. The lowest BCUT2D eigenvalue weighted by atomic mass is 9.87. The monoisotopic (exact) mass is 320 g/mol. The predicted molar refractivity (Wildman–Crippen MR) is 86.6 cm³/mol. The lowest BCUT2D eigenvalue weighted by molar-refractivity contribution is 0.136. The smallest absolute Gasteiger partial charge is 0.318 e. The number of nitrogens with one attached hydrogen (secondary N) is 1. The first-order chi connectivity index (χ1) is 11.0. The van der Waals surface area contributed by atoms with Gasteiger partial charge >= 0.3 is 6.03 Å². The number of carbonyl (C=O) groups excluding carboxylic acids is 1. The van der Waals surface area contributed by atoms with Gasteiger partial charge in [-0.1, -0.05) is 6.07 Å². The first-order valence-electron chi connectivity index (χ1n) is 8.58. The van der Waals surface area contributed by atoms with Crippen molar-refractivity contribution in [1.82, 2.24) is 10.2 Å². The van der Waals surface area contributed by atoms with Crippen LogP contribution in [0, 0.1) is 5.82 Å². The van der Waals surface area contributed by atoms with Gasteiger partial charge < -0.3 is 15.3 Å². The van der Waals surface area contributed by atoms with Crippen molar-refractivity contribution in [2.45, 2.75) is 63.6 Å². The number of likely N-dealkylation sites (tertiary alicyclic amines) is 1. The summed E-state index contributed by atoms with van der Waals surface area (Å²) in [7, 11) is 0. The summed E-state index contributed by atoms with van der Waals surface area (Å²) in [5, 5.41) is 12.7. The summed E-state index contributed by atoms with van der Waals surface area (Å²) in [5.74, 6) is -0.215. The van der Waals surface area contributed by atoms with Crippen molar-refractivity contribution in [2.24, 2.45) is 0 Å². The van der Waals surface area contributed by atoms with Gasteiger partial charge in [0.25, 0.3) is 0 Å². The Bertz CT molecular complexity index is 576. The molecule has 0 spiro atoms. The number of nitrogens with zero attached hydrogens (tertiary/aromatic N) is 1. The molecule has 1 aliphatic carbocycles. The zero-order valence-electron chi connectivity index (χ0n) is 13.6. The summed E-state index contributed by atoms with van der Waals surface area (Å²) in [5.41, 5.74) is 2.04. The molecule has 0 aromatic heterocycles. The van der Waals surface area contributed by atoms with E-state index in [1.54, 1.807) is 19.1 Å². The van der Waals surface area contributed by atoms with E-state index >= 15 is 0 Å². The molecule has 0 saturated carbocycles. The highest BCUT2D eigenvalue weighted by molar-refractivity contribution is 5.75. The van der Waals surface area contributed by atoms with Crippen molar-refractivity contribution in [3.63, 3.8) is 0 Å². The summed E-state index contributed by atoms with van der Waals surface area (Å²) in [6.07, 6.45) is 4.87. The number of aliphatic hydroxyl groups is 1. The fraction of sp³-hybridized carbons (Fsp3) is 0.611. The Balaban J connectivity index is 1.69. The Morgan fingerprint density at radius 3 is 3.04 bits per heavy atom. The highest BCUT2D eigenvalue weighted by Crippen LogP contribution is 2.31. The Kier molecular flexibility index (Phi) is 4.85. The van der Waals surface area contributed by atoms with E-state index < -0.39 is 6.10 Å². The minimum atomic E-state index is -0.396. The van der Waals surface area contributed by atoms with Gasteiger partial charge in [0.15, 0.2) is 0 Å². The summed E-state index contributed by atoms with van der Waals surface area (Å²) < 4.78 is 13.4. The fourth-order valence-corrected chi connectivity index (χ4v) is 3.91. The summed E-state index contributed by atoms with van der Waals surface area (Å²) in [6.45, 7) is 2.51. The van der Waals surface area contributed by atoms with E-state index in [9.17, 15) is 14.3 Å². The fourth-order valence-electron chi connectivity index (χ4n) is 3.91. The molecule has 1 aliphatic heterocycles. The van der Waals surface area contributed by atoms with Crippen molar-refractivity contribution >= 4 is 6.03 Å². The molecule has 23 heavy (non-hydrogen) atoms. The number of aliphatic hydroxyl groups excluding tert-OH is 1. The average molecular weight is 320 g/mol. The number of halogens is 1. The van der Waals surface area contributed by atoms with Crippen molar-refractivity contribution in [1.29, 1.82) is 0 Å². The third kappa shape index (κ3) is 3.66. The SMILES string of the molecule is CC(O)CC1CCCN1C(=O)NC1CCCc2cc(F)ccc21. The van der Waals surface area contributed by atoms with E-state index in [1.807, 2.05) is 4.90 Å². The molecule has 1 aromatic rings. The molecule has 2 N–H and O–H groups in total. The molecular formula is C18H25FN2O2. The van der Waals surface area contributed by atoms with Gasteiger partial charge in [-0.25, -0.2) is 9.18 Å². The summed E-state index contributed by atoms with van der Waals surface area (Å²) in [6, 6.07) is 4.86. The zero-order chi connectivity index (χ0) is 16.4. The molecule has 0 bridgehead atoms. The maximum absolute atomic E-state index is 13.4. The third-order valence-electron chi connectivity index (χ3n) is 4.97. The molecule has 1 heterocycles. The number of fused-ring (bicyclic) bond motifs is 1. The molecule has 0 radical (unpaired) electrons. The van der Waals surface area contributed by atoms with Crippen LogP contribution in [0.4, 0.5) is 9.18 Å². The number of amides is 2. The molecular weight excluding hydrogens is 295 g/mol. The maximum atomic E-state index is 13.4. The van der Waals surface area contributed by atoms with E-state index in [0.29, 0.717) is 6.42 Å². The van der Waals surface area contributed by atoms with Gasteiger partial charge in [0.1, 0.15) is 5.82 Å². The first kappa shape index (κ1) is 16.2. The lowest BCUT2D eigenvalue weighted by Crippen LogP contribution is -2.45. The first-order valence-corrected chi connectivity index (χ1v) is 8.58. The van der Waals surface area contributed by atoms with Crippen LogP contribution in [0.2, 0.25) is 0 Å². The van der Waals surface area contributed by atoms with E-state index in [4.69, 9.17) is 0 Å². The van der Waals surface area contributed by atoms with Crippen LogP contribution < -0.4 is 5.32 Å². The van der Waals surface area contributed by atoms with Crippen LogP contribution in [0.1, 0.15) is 56.2 Å². The van der Waals surface area contributed by atoms with Crippen LogP contribution in [0.5, 0.6) is 0 Å². The molecule has 1 fully saturated rings. The van der Waals surface area contributed by atoms with E-state index in [0.717, 1.165) is 49.8 Å². The molecule has 3 unspecified atom stereocenters. The third-order valence-corrected chi connectivity index (χ3v) is 4.97. The topological polar surface area (TPSA) is 52.6 Å². The van der Waals surface area contributed by atoms with Crippen LogP contribution >= 0.6 is 0 Å². The highest BCUT2D eigenvalue weighted by Gasteiger charge is 2.31. The molecule has 5 heteroatoms. The molecule has 3 atom stereocenters. The second-order valence-corrected chi connectivity index (χ2v) is 6.81. The quantitative estimate of drug-likeness (QED) is 0.899. The number of rotatable bonds is 3. The van der Waals surface area contributed by atoms with Gasteiger partial charge in [-0.15, -0.1) is 0 Å². The zero-order valence-corrected chi connectivity index (χ0v) is 13.6. The van der Waals surface area contributed by atoms with Crippen molar-refractivity contribution < 1.29 is 14.3 Å². The molecule has 126 valence electrons. The van der Waals surface area contributed by atoms with Crippen molar-refractivity contribution in [2.75, 3.05) is 6.54 Å². The van der Waals surface area contributed by atoms with E-state index in [1.165, 1.54) is 6.07 Å². The van der Waals surface area contributed by atoms with Gasteiger partial charge in [-0.05, 0) is 68.7 Å². The molecule has 1 saturated heterocycles. The molecule has 2 aliphatic rings. The number of hydrogen-bond acceptors (Lipinski definition) is 2. The Morgan fingerprint density at radius 1 is 1.43 bits per heavy atom. The van der Waals surface area contributed by atoms with Crippen LogP contribution in [0.25, 0.3) is 0 Å². The normalized spacial score (nSPS) is 25.1. The largest absolute Gasteiger partial charge is 0.393 e. The van der Waals surface area contributed by atoms with E-state index in [2.05, 4.69) is 5.32 Å². The standard InChI is InChI=1S/C18H25FN2O2/c1-12(22)10-15-5-3-9-21(15)18(23)20-17-6-2-4-13-11-14(19)7-8-16(13)17/h7-8,11-12,15,17,22H,2-6,9-10H2,1H3,(H,20,23). The number of aryl methyl sites for hydroxylation is 1. The van der Waals surface area contributed by atoms with Crippen molar-refractivity contribution in [3.8, 4) is 0 Å². The van der Waals surface area contributed by atoms with E-state index in [-0.39, 0.29) is 23.9 Å². The van der Waals surface area contributed by atoms with Crippen molar-refractivity contribution in [3.05, 3.63) is 35.1 Å². The molecule has 1 aromatic carbocycles. The van der Waals surface area contributed by atoms with Gasteiger partial charge in [-0.3, -0.25) is 0 Å². The molecule has 2 amide bonds. The summed E-state index contributed by atoms with van der Waals surface area (Å²) in [4.78, 5) is 14.5. The van der Waals surface area contributed by atoms with Gasteiger partial charge in [0.2, 0.25) is 0 Å². The number of carbonyl (C=O) groups is 1.